The van der Waals surface area contributed by atoms with E-state index in [9.17, 15) is 0 Å². The van der Waals surface area contributed by atoms with Crippen molar-refractivity contribution in [2.45, 2.75) is 39.0 Å². The first-order chi connectivity index (χ1) is 9.66. The Bertz CT molecular complexity index is 528. The lowest BCUT2D eigenvalue weighted by Crippen LogP contribution is -2.65. The first-order valence-electron chi connectivity index (χ1n) is 7.40. The van der Waals surface area contributed by atoms with Gasteiger partial charge in [0.25, 0.3) is 0 Å². The minimum Gasteiger partial charge on any atom is -0.454 e. The van der Waals surface area contributed by atoms with Crippen LogP contribution in [0.5, 0.6) is 11.5 Å². The van der Waals surface area contributed by atoms with Crippen LogP contribution in [0.1, 0.15) is 25.8 Å². The summed E-state index contributed by atoms with van der Waals surface area (Å²) < 4.78 is 16.6. The van der Waals surface area contributed by atoms with Crippen LogP contribution < -0.4 is 14.8 Å². The van der Waals surface area contributed by atoms with Crippen LogP contribution in [0.25, 0.3) is 0 Å². The maximum absolute atomic E-state index is 5.83. The number of ether oxygens (including phenoxy) is 3. The van der Waals surface area contributed by atoms with Crippen molar-refractivity contribution in [3.63, 3.8) is 0 Å². The molecule has 1 aliphatic carbocycles. The minimum absolute atomic E-state index is 0.234. The lowest BCUT2D eigenvalue weighted by molar-refractivity contribution is -0.113. The Balaban J connectivity index is 1.43. The molecule has 3 aliphatic rings. The fraction of sp³-hybridized carbons (Fsp3) is 0.625. The van der Waals surface area contributed by atoms with Gasteiger partial charge >= 0.3 is 0 Å². The summed E-state index contributed by atoms with van der Waals surface area (Å²) >= 11 is 0. The molecular weight excluding hydrogens is 254 g/mol. The van der Waals surface area contributed by atoms with Crippen molar-refractivity contribution in [3.05, 3.63) is 23.8 Å². The van der Waals surface area contributed by atoms with Crippen LogP contribution in [0.2, 0.25) is 0 Å². The van der Waals surface area contributed by atoms with Gasteiger partial charge in [-0.15, -0.1) is 0 Å². The summed E-state index contributed by atoms with van der Waals surface area (Å²) in [7, 11) is 0. The van der Waals surface area contributed by atoms with Crippen molar-refractivity contribution in [1.82, 2.24) is 5.32 Å². The molecule has 1 saturated carbocycles. The van der Waals surface area contributed by atoms with E-state index < -0.39 is 0 Å². The van der Waals surface area contributed by atoms with Crippen LogP contribution in [0.3, 0.4) is 0 Å². The highest BCUT2D eigenvalue weighted by atomic mass is 16.7. The molecule has 4 heteroatoms. The quantitative estimate of drug-likeness (QED) is 0.919. The highest BCUT2D eigenvalue weighted by molar-refractivity contribution is 5.44. The smallest absolute Gasteiger partial charge is 0.231 e. The van der Waals surface area contributed by atoms with E-state index in [4.69, 9.17) is 14.2 Å². The predicted molar refractivity (Wildman–Crippen MR) is 74.8 cm³/mol. The number of nitrogens with one attached hydrogen (secondary N) is 1. The first kappa shape index (κ1) is 12.5. The van der Waals surface area contributed by atoms with Crippen molar-refractivity contribution >= 4 is 0 Å². The van der Waals surface area contributed by atoms with Crippen LogP contribution in [0.4, 0.5) is 0 Å². The Morgan fingerprint density at radius 1 is 1.25 bits per heavy atom. The van der Waals surface area contributed by atoms with Crippen molar-refractivity contribution in [2.24, 2.45) is 11.3 Å². The Morgan fingerprint density at radius 2 is 2.10 bits per heavy atom. The number of fused-ring (bicyclic) bond motifs is 2. The van der Waals surface area contributed by atoms with Crippen LogP contribution >= 0.6 is 0 Å². The van der Waals surface area contributed by atoms with E-state index in [0.717, 1.165) is 24.7 Å². The predicted octanol–water partition coefficient (Wildman–Crippen LogP) is 2.32. The summed E-state index contributed by atoms with van der Waals surface area (Å²) in [6.07, 6.45) is 1.63. The van der Waals surface area contributed by atoms with E-state index in [2.05, 4.69) is 31.3 Å². The molecule has 4 nitrogen and oxygen atoms in total. The van der Waals surface area contributed by atoms with Gasteiger partial charge < -0.3 is 19.5 Å². The largest absolute Gasteiger partial charge is 0.454 e. The van der Waals surface area contributed by atoms with Gasteiger partial charge in [-0.25, -0.2) is 0 Å². The maximum Gasteiger partial charge on any atom is 0.231 e. The highest BCUT2D eigenvalue weighted by Crippen LogP contribution is 2.52. The standard InChI is InChI=1S/C16H21NO3/c1-16(2)14(11-5-6-18-15(11)16)17-8-10-3-4-12-13(7-10)20-9-19-12/h3-4,7,11,14-15,17H,5-6,8-9H2,1-2H3/t11-,14-,15-/m1/s1. The van der Waals surface area contributed by atoms with Gasteiger partial charge in [0.05, 0.1) is 6.10 Å². The second-order valence-corrected chi connectivity index (χ2v) is 6.61. The molecule has 108 valence electrons. The molecule has 2 aliphatic heterocycles. The molecule has 1 N–H and O–H groups in total. The van der Waals surface area contributed by atoms with Gasteiger partial charge in [-0.1, -0.05) is 19.9 Å². The molecule has 0 radical (unpaired) electrons. The zero-order chi connectivity index (χ0) is 13.7. The number of benzene rings is 1. The lowest BCUT2D eigenvalue weighted by atomic mass is 9.57. The summed E-state index contributed by atoms with van der Waals surface area (Å²) in [5.74, 6) is 2.39. The van der Waals surface area contributed by atoms with Crippen molar-refractivity contribution in [2.75, 3.05) is 13.4 Å². The van der Waals surface area contributed by atoms with Crippen LogP contribution in [0.15, 0.2) is 18.2 Å². The van der Waals surface area contributed by atoms with Crippen LogP contribution in [0, 0.1) is 11.3 Å². The molecule has 1 saturated heterocycles. The van der Waals surface area contributed by atoms with Gasteiger partial charge in [0.1, 0.15) is 0 Å². The second kappa shape index (κ2) is 4.37. The van der Waals surface area contributed by atoms with E-state index in [-0.39, 0.29) is 5.41 Å². The van der Waals surface area contributed by atoms with Crippen molar-refractivity contribution < 1.29 is 14.2 Å². The monoisotopic (exact) mass is 275 g/mol. The molecule has 2 fully saturated rings. The fourth-order valence-electron chi connectivity index (χ4n) is 4.02. The first-order valence-corrected chi connectivity index (χ1v) is 7.40. The van der Waals surface area contributed by atoms with E-state index in [1.165, 1.54) is 12.0 Å². The zero-order valence-electron chi connectivity index (χ0n) is 12.0. The third-order valence-electron chi connectivity index (χ3n) is 5.06. The van der Waals surface area contributed by atoms with Gasteiger partial charge in [-0.2, -0.15) is 0 Å². The lowest BCUT2D eigenvalue weighted by Gasteiger charge is -2.55. The third-order valence-corrected chi connectivity index (χ3v) is 5.06. The van der Waals surface area contributed by atoms with Gasteiger partial charge in [0, 0.05) is 30.5 Å². The second-order valence-electron chi connectivity index (χ2n) is 6.61. The summed E-state index contributed by atoms with van der Waals surface area (Å²) in [5, 5.41) is 3.71. The summed E-state index contributed by atoms with van der Waals surface area (Å²) in [6.45, 7) is 6.73. The Kier molecular flexibility index (Phi) is 2.72. The van der Waals surface area contributed by atoms with Crippen molar-refractivity contribution in [3.8, 4) is 11.5 Å². The number of hydrogen-bond donors (Lipinski definition) is 1. The number of hydrogen-bond acceptors (Lipinski definition) is 4. The molecule has 20 heavy (non-hydrogen) atoms. The van der Waals surface area contributed by atoms with Crippen LogP contribution in [-0.4, -0.2) is 25.5 Å². The van der Waals surface area contributed by atoms with Gasteiger partial charge in [0.15, 0.2) is 11.5 Å². The van der Waals surface area contributed by atoms with E-state index in [0.29, 0.717) is 24.9 Å². The average Bonchev–Trinajstić information content (AvgIpc) is 3.05. The molecule has 0 bridgehead atoms. The van der Waals surface area contributed by atoms with E-state index >= 15 is 0 Å². The molecule has 3 atom stereocenters. The van der Waals surface area contributed by atoms with Gasteiger partial charge in [-0.3, -0.25) is 0 Å². The Labute approximate surface area is 119 Å². The van der Waals surface area contributed by atoms with E-state index in [1.807, 2.05) is 6.07 Å². The Hall–Kier alpha value is -1.26. The normalized spacial score (nSPS) is 32.8. The topological polar surface area (TPSA) is 39.7 Å². The molecule has 1 aromatic carbocycles. The SMILES string of the molecule is CC1(C)[C@H](NCc2ccc3c(c2)OCO3)[C@H]2CCO[C@H]21. The Morgan fingerprint density at radius 3 is 3.00 bits per heavy atom. The molecule has 0 spiro atoms. The molecule has 0 aromatic heterocycles. The summed E-state index contributed by atoms with van der Waals surface area (Å²) in [5.41, 5.74) is 1.48. The van der Waals surface area contributed by atoms with Gasteiger partial charge in [-0.05, 0) is 24.1 Å². The van der Waals surface area contributed by atoms with Crippen molar-refractivity contribution in [1.29, 1.82) is 0 Å². The molecule has 0 unspecified atom stereocenters. The van der Waals surface area contributed by atoms with Crippen LogP contribution in [-0.2, 0) is 11.3 Å². The molecule has 0 amide bonds. The summed E-state index contributed by atoms with van der Waals surface area (Å²) in [6, 6.07) is 6.71. The maximum atomic E-state index is 5.83. The number of rotatable bonds is 3. The fourth-order valence-corrected chi connectivity index (χ4v) is 4.02. The average molecular weight is 275 g/mol. The summed E-state index contributed by atoms with van der Waals surface area (Å²) in [4.78, 5) is 0. The van der Waals surface area contributed by atoms with Gasteiger partial charge in [0.2, 0.25) is 6.79 Å². The zero-order valence-corrected chi connectivity index (χ0v) is 12.0. The molecule has 1 aromatic rings. The highest BCUT2D eigenvalue weighted by Gasteiger charge is 2.58. The third kappa shape index (κ3) is 1.75. The molecule has 2 heterocycles. The molecule has 4 rings (SSSR count). The van der Waals surface area contributed by atoms with E-state index in [1.54, 1.807) is 0 Å². The minimum atomic E-state index is 0.234. The molecular formula is C16H21NO3.